The van der Waals surface area contributed by atoms with Crippen LogP contribution >= 0.6 is 22.9 Å². The van der Waals surface area contributed by atoms with Gasteiger partial charge in [-0.3, -0.25) is 4.79 Å². The lowest BCUT2D eigenvalue weighted by Gasteiger charge is -2.12. The van der Waals surface area contributed by atoms with Crippen LogP contribution in [0.5, 0.6) is 0 Å². The van der Waals surface area contributed by atoms with Crippen molar-refractivity contribution in [3.05, 3.63) is 44.7 Å². The summed E-state index contributed by atoms with van der Waals surface area (Å²) in [6.07, 6.45) is 0. The Morgan fingerprint density at radius 3 is 2.77 bits per heavy atom. The molecule has 2 aromatic rings. The maximum atomic E-state index is 11.8. The first-order valence-electron chi connectivity index (χ1n) is 7.06. The molecule has 6 heteroatoms. The maximum absolute atomic E-state index is 11.8. The number of hydrogen-bond donors (Lipinski definition) is 0. The summed E-state index contributed by atoms with van der Waals surface area (Å²) >= 11 is 7.89. The molecule has 0 aliphatic carbocycles. The second kappa shape index (κ2) is 7.11. The van der Waals surface area contributed by atoms with Crippen LogP contribution in [-0.4, -0.2) is 17.1 Å². The van der Waals surface area contributed by atoms with Gasteiger partial charge < -0.3 is 9.30 Å². The first-order valence-corrected chi connectivity index (χ1v) is 8.31. The van der Waals surface area contributed by atoms with Crippen molar-refractivity contribution < 1.29 is 9.53 Å². The second-order valence-corrected chi connectivity index (χ2v) is 6.25. The molecular weight excluding hydrogens is 320 g/mol. The van der Waals surface area contributed by atoms with Crippen LogP contribution in [0, 0.1) is 6.92 Å². The number of halogens is 1. The van der Waals surface area contributed by atoms with Gasteiger partial charge in [0.15, 0.2) is 4.80 Å². The maximum Gasteiger partial charge on any atom is 0.313 e. The zero-order chi connectivity index (χ0) is 16.3. The summed E-state index contributed by atoms with van der Waals surface area (Å²) in [5.41, 5.74) is 2.68. The van der Waals surface area contributed by atoms with E-state index in [-0.39, 0.29) is 11.9 Å². The number of aryl methyl sites for hydroxylation is 1. The standard InChI is InChI=1S/C16H19ClN2O2S/c1-5-21-15(20)11(3)13-7-6-12(8-14(13)17)18-16-19(4)10(2)9-22-16/h6-9,11H,5H2,1-4H3. The van der Waals surface area contributed by atoms with Crippen LogP contribution in [-0.2, 0) is 16.6 Å². The van der Waals surface area contributed by atoms with Crippen molar-refractivity contribution in [2.45, 2.75) is 26.7 Å². The van der Waals surface area contributed by atoms with Gasteiger partial charge in [-0.2, -0.15) is 0 Å². The number of ether oxygens (including phenoxy) is 1. The van der Waals surface area contributed by atoms with Crippen molar-refractivity contribution in [2.24, 2.45) is 12.0 Å². The Hall–Kier alpha value is -1.59. The van der Waals surface area contributed by atoms with Crippen LogP contribution in [0.3, 0.4) is 0 Å². The molecule has 0 aliphatic heterocycles. The topological polar surface area (TPSA) is 43.6 Å². The van der Waals surface area contributed by atoms with Gasteiger partial charge >= 0.3 is 5.97 Å². The first-order chi connectivity index (χ1) is 10.4. The summed E-state index contributed by atoms with van der Waals surface area (Å²) in [5, 5.41) is 2.58. The average molecular weight is 339 g/mol. The molecule has 1 aromatic heterocycles. The number of benzene rings is 1. The van der Waals surface area contributed by atoms with Gasteiger partial charge in [0.1, 0.15) is 0 Å². The molecule has 0 saturated carbocycles. The van der Waals surface area contributed by atoms with Gasteiger partial charge in [-0.15, -0.1) is 11.3 Å². The van der Waals surface area contributed by atoms with Crippen molar-refractivity contribution >= 4 is 34.6 Å². The zero-order valence-electron chi connectivity index (χ0n) is 13.1. The zero-order valence-corrected chi connectivity index (χ0v) is 14.7. The van der Waals surface area contributed by atoms with E-state index in [0.717, 1.165) is 21.7 Å². The molecule has 1 heterocycles. The Kier molecular flexibility index (Phi) is 5.42. The highest BCUT2D eigenvalue weighted by Crippen LogP contribution is 2.29. The molecule has 22 heavy (non-hydrogen) atoms. The molecule has 1 unspecified atom stereocenters. The van der Waals surface area contributed by atoms with Crippen LogP contribution in [0.2, 0.25) is 5.02 Å². The van der Waals surface area contributed by atoms with Crippen molar-refractivity contribution in [1.29, 1.82) is 0 Å². The predicted octanol–water partition coefficient (Wildman–Crippen LogP) is 3.95. The van der Waals surface area contributed by atoms with E-state index in [1.54, 1.807) is 31.3 Å². The molecule has 0 amide bonds. The summed E-state index contributed by atoms with van der Waals surface area (Å²) in [5.74, 6) is -0.657. The Bertz CT molecular complexity index is 749. The smallest absolute Gasteiger partial charge is 0.313 e. The van der Waals surface area contributed by atoms with Gasteiger partial charge in [0, 0.05) is 23.1 Å². The van der Waals surface area contributed by atoms with Crippen molar-refractivity contribution in [2.75, 3.05) is 6.61 Å². The molecule has 2 rings (SSSR count). The van der Waals surface area contributed by atoms with Crippen LogP contribution < -0.4 is 4.80 Å². The number of esters is 1. The van der Waals surface area contributed by atoms with E-state index >= 15 is 0 Å². The van der Waals surface area contributed by atoms with Gasteiger partial charge in [0.2, 0.25) is 0 Å². The number of thiazole rings is 1. The highest BCUT2D eigenvalue weighted by Gasteiger charge is 2.19. The predicted molar refractivity (Wildman–Crippen MR) is 89.8 cm³/mol. The Labute approximate surface area is 139 Å². The van der Waals surface area contributed by atoms with Gasteiger partial charge in [0.05, 0.1) is 18.2 Å². The summed E-state index contributed by atoms with van der Waals surface area (Å²) in [6, 6.07) is 5.48. The fourth-order valence-electron chi connectivity index (χ4n) is 1.99. The molecule has 0 radical (unpaired) electrons. The lowest BCUT2D eigenvalue weighted by molar-refractivity contribution is -0.144. The van der Waals surface area contributed by atoms with Gasteiger partial charge in [-0.25, -0.2) is 4.99 Å². The largest absolute Gasteiger partial charge is 0.466 e. The number of nitrogens with zero attached hydrogens (tertiary/aromatic N) is 2. The normalized spacial score (nSPS) is 13.2. The van der Waals surface area contributed by atoms with Crippen molar-refractivity contribution in [3.63, 3.8) is 0 Å². The molecule has 4 nitrogen and oxygen atoms in total. The minimum absolute atomic E-state index is 0.269. The van der Waals surface area contributed by atoms with E-state index in [0.29, 0.717) is 11.6 Å². The molecule has 0 saturated heterocycles. The van der Waals surface area contributed by atoms with E-state index in [4.69, 9.17) is 16.3 Å². The quantitative estimate of drug-likeness (QED) is 0.792. The lowest BCUT2D eigenvalue weighted by atomic mass is 10.0. The second-order valence-electron chi connectivity index (χ2n) is 5.01. The van der Waals surface area contributed by atoms with E-state index in [1.165, 1.54) is 0 Å². The van der Waals surface area contributed by atoms with E-state index < -0.39 is 0 Å². The molecule has 0 bridgehead atoms. The number of carbonyl (C=O) groups excluding carboxylic acids is 1. The molecule has 118 valence electrons. The molecule has 0 spiro atoms. The summed E-state index contributed by atoms with van der Waals surface area (Å²) < 4.78 is 7.06. The van der Waals surface area contributed by atoms with Crippen molar-refractivity contribution in [3.8, 4) is 0 Å². The molecule has 0 aliphatic rings. The Morgan fingerprint density at radius 2 is 2.23 bits per heavy atom. The van der Waals surface area contributed by atoms with Gasteiger partial charge in [-0.1, -0.05) is 17.7 Å². The minimum Gasteiger partial charge on any atom is -0.466 e. The van der Waals surface area contributed by atoms with Crippen LogP contribution in [0.1, 0.15) is 31.0 Å². The van der Waals surface area contributed by atoms with E-state index in [1.807, 2.05) is 30.7 Å². The SMILES string of the molecule is CCOC(=O)C(C)c1ccc(N=c2scc(C)n2C)cc1Cl. The van der Waals surface area contributed by atoms with Crippen LogP contribution in [0.25, 0.3) is 0 Å². The molecule has 0 fully saturated rings. The third-order valence-electron chi connectivity index (χ3n) is 3.47. The third kappa shape index (κ3) is 3.59. The number of carbonyl (C=O) groups is 1. The third-order valence-corrected chi connectivity index (χ3v) is 4.83. The Morgan fingerprint density at radius 1 is 1.50 bits per heavy atom. The van der Waals surface area contributed by atoms with Crippen LogP contribution in [0.4, 0.5) is 5.69 Å². The number of rotatable bonds is 4. The first kappa shape index (κ1) is 16.8. The van der Waals surface area contributed by atoms with Gasteiger partial charge in [-0.05, 0) is 38.5 Å². The Balaban J connectivity index is 2.32. The highest BCUT2D eigenvalue weighted by molar-refractivity contribution is 7.07. The summed E-state index contributed by atoms with van der Waals surface area (Å²) in [6.45, 7) is 5.98. The van der Waals surface area contributed by atoms with E-state index in [2.05, 4.69) is 10.4 Å². The number of hydrogen-bond acceptors (Lipinski definition) is 4. The van der Waals surface area contributed by atoms with Gasteiger partial charge in [0.25, 0.3) is 0 Å². The average Bonchev–Trinajstić information content (AvgIpc) is 2.79. The highest BCUT2D eigenvalue weighted by atomic mass is 35.5. The van der Waals surface area contributed by atoms with Crippen molar-refractivity contribution in [1.82, 2.24) is 4.57 Å². The molecular formula is C16H19ClN2O2S. The molecule has 1 atom stereocenters. The van der Waals surface area contributed by atoms with E-state index in [9.17, 15) is 4.79 Å². The fourth-order valence-corrected chi connectivity index (χ4v) is 3.22. The minimum atomic E-state index is -0.387. The molecule has 1 aromatic carbocycles. The summed E-state index contributed by atoms with van der Waals surface area (Å²) in [4.78, 5) is 17.3. The molecule has 0 N–H and O–H groups in total. The summed E-state index contributed by atoms with van der Waals surface area (Å²) in [7, 11) is 1.98. The van der Waals surface area contributed by atoms with Crippen LogP contribution in [0.15, 0.2) is 28.6 Å². The fraction of sp³-hybridized carbons (Fsp3) is 0.375. The monoisotopic (exact) mass is 338 g/mol. The lowest BCUT2D eigenvalue weighted by Crippen LogP contribution is -2.13. The number of aromatic nitrogens is 1.